The number of carbonyl (C=O) groups excluding carboxylic acids is 1. The topological polar surface area (TPSA) is 44.8 Å². The first kappa shape index (κ1) is 14.6. The van der Waals surface area contributed by atoms with Gasteiger partial charge < -0.3 is 14.2 Å². The summed E-state index contributed by atoms with van der Waals surface area (Å²) < 4.78 is 15.2. The Morgan fingerprint density at radius 2 is 2.16 bits per heavy atom. The molecule has 1 rings (SSSR count). The summed E-state index contributed by atoms with van der Waals surface area (Å²) in [6, 6.07) is 5.36. The van der Waals surface area contributed by atoms with E-state index in [-0.39, 0.29) is 0 Å². The second kappa shape index (κ2) is 7.80. The summed E-state index contributed by atoms with van der Waals surface area (Å²) in [5.74, 6) is 0.795. The van der Waals surface area contributed by atoms with E-state index in [4.69, 9.17) is 9.47 Å². The maximum Gasteiger partial charge on any atom is 0.330 e. The summed E-state index contributed by atoms with van der Waals surface area (Å²) >= 11 is 0. The first-order valence-corrected chi connectivity index (χ1v) is 5.62. The Hall–Kier alpha value is -2.45. The van der Waals surface area contributed by atoms with Gasteiger partial charge in [-0.2, -0.15) is 0 Å². The lowest BCUT2D eigenvalue weighted by atomic mass is 10.2. The summed E-state index contributed by atoms with van der Waals surface area (Å²) in [7, 11) is 2.89. The molecule has 0 fully saturated rings. The van der Waals surface area contributed by atoms with Gasteiger partial charge in [-0.3, -0.25) is 0 Å². The molecule has 100 valence electrons. The molecule has 1 aromatic rings. The zero-order valence-corrected chi connectivity index (χ0v) is 11.0. The standard InChI is InChI=1S/C15H16O4/c1-4-5-10-19-13-8-6-12(11-14(13)17-2)7-9-15(16)18-3/h5-9,11H,1,10H2,2-3H3/b9-7+. The first-order chi connectivity index (χ1) is 9.21. The minimum Gasteiger partial charge on any atom is -0.493 e. The van der Waals surface area contributed by atoms with E-state index >= 15 is 0 Å². The van der Waals surface area contributed by atoms with E-state index in [1.165, 1.54) is 13.2 Å². The number of esters is 1. The highest BCUT2D eigenvalue weighted by molar-refractivity contribution is 5.87. The van der Waals surface area contributed by atoms with Crippen molar-refractivity contribution < 1.29 is 19.0 Å². The molecule has 0 amide bonds. The monoisotopic (exact) mass is 260 g/mol. The lowest BCUT2D eigenvalue weighted by Gasteiger charge is -2.09. The molecule has 0 spiro atoms. The largest absolute Gasteiger partial charge is 0.493 e. The van der Waals surface area contributed by atoms with E-state index in [0.29, 0.717) is 18.1 Å². The minimum absolute atomic E-state index is 0.372. The van der Waals surface area contributed by atoms with Gasteiger partial charge in [0.25, 0.3) is 0 Å². The Balaban J connectivity index is 2.85. The van der Waals surface area contributed by atoms with Crippen LogP contribution < -0.4 is 9.47 Å². The van der Waals surface area contributed by atoms with Gasteiger partial charge in [-0.1, -0.05) is 12.6 Å². The molecule has 0 radical (unpaired) electrons. The molecule has 0 aliphatic carbocycles. The number of rotatable bonds is 6. The molecule has 0 heterocycles. The maximum atomic E-state index is 11.0. The molecule has 4 nitrogen and oxygen atoms in total. The van der Waals surface area contributed by atoms with Crippen LogP contribution in [0.4, 0.5) is 0 Å². The number of carbonyl (C=O) groups is 1. The van der Waals surface area contributed by atoms with Gasteiger partial charge in [-0.25, -0.2) is 4.79 Å². The highest BCUT2D eigenvalue weighted by atomic mass is 16.5. The Morgan fingerprint density at radius 1 is 1.37 bits per heavy atom. The Bertz CT molecular complexity index is 511. The molecule has 4 heteroatoms. The number of ether oxygens (including phenoxy) is 3. The van der Waals surface area contributed by atoms with E-state index in [2.05, 4.69) is 17.0 Å². The van der Waals surface area contributed by atoms with Crippen LogP contribution in [0.25, 0.3) is 6.08 Å². The fourth-order valence-corrected chi connectivity index (χ4v) is 1.33. The molecule has 0 aliphatic rings. The predicted molar refractivity (Wildman–Crippen MR) is 73.2 cm³/mol. The second-order valence-electron chi connectivity index (χ2n) is 3.49. The van der Waals surface area contributed by atoms with E-state index in [1.807, 2.05) is 6.07 Å². The van der Waals surface area contributed by atoms with Crippen LogP contribution in [0.15, 0.2) is 42.7 Å². The van der Waals surface area contributed by atoms with Gasteiger partial charge in [-0.15, -0.1) is 5.73 Å². The van der Waals surface area contributed by atoms with Gasteiger partial charge in [-0.05, 0) is 29.8 Å². The van der Waals surface area contributed by atoms with Crippen LogP contribution in [0.2, 0.25) is 0 Å². The fourth-order valence-electron chi connectivity index (χ4n) is 1.33. The summed E-state index contributed by atoms with van der Waals surface area (Å²) in [6.45, 7) is 3.82. The number of hydrogen-bond donors (Lipinski definition) is 0. The number of benzene rings is 1. The van der Waals surface area contributed by atoms with Crippen LogP contribution in [-0.2, 0) is 9.53 Å². The zero-order valence-electron chi connectivity index (χ0n) is 11.0. The van der Waals surface area contributed by atoms with Crippen LogP contribution in [0.5, 0.6) is 11.5 Å². The van der Waals surface area contributed by atoms with Gasteiger partial charge in [0.15, 0.2) is 11.5 Å². The van der Waals surface area contributed by atoms with Crippen molar-refractivity contribution >= 4 is 12.0 Å². The zero-order chi connectivity index (χ0) is 14.1. The summed E-state index contributed by atoms with van der Waals surface area (Å²) in [6.07, 6.45) is 4.65. The first-order valence-electron chi connectivity index (χ1n) is 5.62. The molecule has 0 N–H and O–H groups in total. The summed E-state index contributed by atoms with van der Waals surface area (Å²) in [5.41, 5.74) is 3.44. The van der Waals surface area contributed by atoms with Gasteiger partial charge in [0.2, 0.25) is 0 Å². The van der Waals surface area contributed by atoms with Crippen LogP contribution in [0.3, 0.4) is 0 Å². The van der Waals surface area contributed by atoms with Crippen molar-refractivity contribution in [3.63, 3.8) is 0 Å². The molecular formula is C15H16O4. The molecule has 0 unspecified atom stereocenters. The van der Waals surface area contributed by atoms with Crippen molar-refractivity contribution in [3.8, 4) is 11.5 Å². The average molecular weight is 260 g/mol. The van der Waals surface area contributed by atoms with Gasteiger partial charge in [0, 0.05) is 6.08 Å². The van der Waals surface area contributed by atoms with Crippen molar-refractivity contribution in [2.45, 2.75) is 0 Å². The summed E-state index contributed by atoms with van der Waals surface area (Å²) in [5, 5.41) is 0. The smallest absolute Gasteiger partial charge is 0.330 e. The van der Waals surface area contributed by atoms with Crippen LogP contribution >= 0.6 is 0 Å². The molecule has 0 aromatic heterocycles. The molecule has 0 aliphatic heterocycles. The highest BCUT2D eigenvalue weighted by Crippen LogP contribution is 2.28. The second-order valence-corrected chi connectivity index (χ2v) is 3.49. The fraction of sp³-hybridized carbons (Fsp3) is 0.200. The Labute approximate surface area is 112 Å². The Morgan fingerprint density at radius 3 is 2.79 bits per heavy atom. The van der Waals surface area contributed by atoms with E-state index in [0.717, 1.165) is 5.56 Å². The third-order valence-corrected chi connectivity index (χ3v) is 2.27. The number of methoxy groups -OCH3 is 2. The molecule has 0 saturated carbocycles. The normalized spacial score (nSPS) is 9.79. The quantitative estimate of drug-likeness (QED) is 0.448. The Kier molecular flexibility index (Phi) is 5.99. The van der Waals surface area contributed by atoms with Crippen molar-refractivity contribution in [2.24, 2.45) is 0 Å². The third-order valence-electron chi connectivity index (χ3n) is 2.27. The molecule has 0 atom stereocenters. The molecule has 0 bridgehead atoms. The SMILES string of the molecule is C=C=CCOc1ccc(/C=C/C(=O)OC)cc1OC. The van der Waals surface area contributed by atoms with E-state index < -0.39 is 5.97 Å². The van der Waals surface area contributed by atoms with E-state index in [9.17, 15) is 4.79 Å². The van der Waals surface area contributed by atoms with Gasteiger partial charge >= 0.3 is 5.97 Å². The van der Waals surface area contributed by atoms with E-state index in [1.54, 1.807) is 31.4 Å². The predicted octanol–water partition coefficient (Wildman–Crippen LogP) is 2.60. The lowest BCUT2D eigenvalue weighted by molar-refractivity contribution is -0.134. The molecule has 0 saturated heterocycles. The van der Waals surface area contributed by atoms with Gasteiger partial charge in [0.05, 0.1) is 14.2 Å². The lowest BCUT2D eigenvalue weighted by Crippen LogP contribution is -1.97. The van der Waals surface area contributed by atoms with Crippen molar-refractivity contribution in [2.75, 3.05) is 20.8 Å². The number of hydrogen-bond acceptors (Lipinski definition) is 4. The minimum atomic E-state index is -0.407. The van der Waals surface area contributed by atoms with Gasteiger partial charge in [0.1, 0.15) is 6.61 Å². The van der Waals surface area contributed by atoms with Crippen molar-refractivity contribution in [1.29, 1.82) is 0 Å². The molecule has 1 aromatic carbocycles. The van der Waals surface area contributed by atoms with Crippen molar-refractivity contribution in [3.05, 3.63) is 48.2 Å². The highest BCUT2D eigenvalue weighted by Gasteiger charge is 2.04. The van der Waals surface area contributed by atoms with Crippen LogP contribution in [-0.4, -0.2) is 26.8 Å². The maximum absolute atomic E-state index is 11.0. The van der Waals surface area contributed by atoms with Crippen LogP contribution in [0, 0.1) is 0 Å². The summed E-state index contributed by atoms with van der Waals surface area (Å²) in [4.78, 5) is 11.0. The molecule has 19 heavy (non-hydrogen) atoms. The third kappa shape index (κ3) is 4.74. The van der Waals surface area contributed by atoms with Crippen molar-refractivity contribution in [1.82, 2.24) is 0 Å². The average Bonchev–Trinajstić information content (AvgIpc) is 2.45. The van der Waals surface area contributed by atoms with Crippen LogP contribution in [0.1, 0.15) is 5.56 Å². The molecular weight excluding hydrogens is 244 g/mol.